The standard InChI is InChI=1S/C17H18BrClO2/c1-20-16-8-4-5-9-17(16)21-11-10-13(12-19)14-6-2-3-7-15(14)18/h2-9,13H,10-12H2,1H3. The molecule has 0 fully saturated rings. The highest BCUT2D eigenvalue weighted by atomic mass is 79.9. The summed E-state index contributed by atoms with van der Waals surface area (Å²) in [4.78, 5) is 0. The Morgan fingerprint density at radius 1 is 1.05 bits per heavy atom. The molecule has 0 aliphatic heterocycles. The van der Waals surface area contributed by atoms with Gasteiger partial charge in [-0.05, 0) is 30.2 Å². The largest absolute Gasteiger partial charge is 0.493 e. The first-order valence-corrected chi connectivity index (χ1v) is 8.15. The first-order valence-electron chi connectivity index (χ1n) is 6.82. The molecule has 1 atom stereocenters. The fraction of sp³-hybridized carbons (Fsp3) is 0.294. The first-order chi connectivity index (χ1) is 10.3. The Morgan fingerprint density at radius 3 is 2.38 bits per heavy atom. The molecule has 1 unspecified atom stereocenters. The van der Waals surface area contributed by atoms with E-state index in [4.69, 9.17) is 21.1 Å². The molecule has 2 nitrogen and oxygen atoms in total. The zero-order valence-corrected chi connectivity index (χ0v) is 14.2. The first kappa shape index (κ1) is 16.2. The van der Waals surface area contributed by atoms with Crippen molar-refractivity contribution in [3.63, 3.8) is 0 Å². The lowest BCUT2D eigenvalue weighted by Crippen LogP contribution is -2.08. The van der Waals surface area contributed by atoms with Crippen LogP contribution in [0.3, 0.4) is 0 Å². The molecule has 0 heterocycles. The second-order valence-electron chi connectivity index (χ2n) is 4.66. The zero-order chi connectivity index (χ0) is 15.1. The van der Waals surface area contributed by atoms with E-state index in [1.165, 1.54) is 5.56 Å². The number of hydrogen-bond donors (Lipinski definition) is 0. The van der Waals surface area contributed by atoms with Crippen molar-refractivity contribution in [2.24, 2.45) is 0 Å². The highest BCUT2D eigenvalue weighted by molar-refractivity contribution is 9.10. The van der Waals surface area contributed by atoms with E-state index >= 15 is 0 Å². The van der Waals surface area contributed by atoms with Crippen LogP contribution in [0.15, 0.2) is 53.0 Å². The molecule has 0 aliphatic carbocycles. The molecule has 2 aromatic rings. The van der Waals surface area contributed by atoms with Gasteiger partial charge in [0.05, 0.1) is 13.7 Å². The van der Waals surface area contributed by atoms with Crippen LogP contribution in [0.25, 0.3) is 0 Å². The highest BCUT2D eigenvalue weighted by Crippen LogP contribution is 2.30. The molecule has 0 bridgehead atoms. The fourth-order valence-corrected chi connectivity index (χ4v) is 3.10. The number of ether oxygens (including phenoxy) is 2. The summed E-state index contributed by atoms with van der Waals surface area (Å²) in [5, 5.41) is 0. The Morgan fingerprint density at radius 2 is 1.71 bits per heavy atom. The van der Waals surface area contributed by atoms with E-state index in [1.807, 2.05) is 42.5 Å². The molecule has 0 radical (unpaired) electrons. The van der Waals surface area contributed by atoms with Crippen molar-refractivity contribution in [2.75, 3.05) is 19.6 Å². The summed E-state index contributed by atoms with van der Waals surface area (Å²) in [5.41, 5.74) is 1.22. The number of hydrogen-bond acceptors (Lipinski definition) is 2. The van der Waals surface area contributed by atoms with E-state index in [0.29, 0.717) is 12.5 Å². The lowest BCUT2D eigenvalue weighted by molar-refractivity contribution is 0.282. The Bertz CT molecular complexity index is 574. The molecule has 0 saturated heterocycles. The number of para-hydroxylation sites is 2. The molecule has 0 aliphatic rings. The summed E-state index contributed by atoms with van der Waals surface area (Å²) in [6.45, 7) is 0.596. The van der Waals surface area contributed by atoms with Gasteiger partial charge in [0.15, 0.2) is 11.5 Å². The molecule has 112 valence electrons. The smallest absolute Gasteiger partial charge is 0.161 e. The van der Waals surface area contributed by atoms with Gasteiger partial charge in [0.1, 0.15) is 0 Å². The molecule has 0 N–H and O–H groups in total. The molecule has 0 amide bonds. The van der Waals surface area contributed by atoms with Crippen LogP contribution in [0.2, 0.25) is 0 Å². The maximum Gasteiger partial charge on any atom is 0.161 e. The average molecular weight is 370 g/mol. The van der Waals surface area contributed by atoms with Gasteiger partial charge in [-0.1, -0.05) is 46.3 Å². The number of benzene rings is 2. The Labute approximate surface area is 139 Å². The van der Waals surface area contributed by atoms with Crippen LogP contribution in [0.1, 0.15) is 17.9 Å². The minimum absolute atomic E-state index is 0.261. The van der Waals surface area contributed by atoms with Crippen LogP contribution in [0, 0.1) is 0 Å². The quantitative estimate of drug-likeness (QED) is 0.621. The molecule has 2 aromatic carbocycles. The van der Waals surface area contributed by atoms with Crippen molar-refractivity contribution in [1.29, 1.82) is 0 Å². The van der Waals surface area contributed by atoms with Gasteiger partial charge in [0.25, 0.3) is 0 Å². The Balaban J connectivity index is 1.97. The lowest BCUT2D eigenvalue weighted by atomic mass is 9.98. The zero-order valence-electron chi connectivity index (χ0n) is 11.9. The maximum atomic E-state index is 6.11. The molecule has 21 heavy (non-hydrogen) atoms. The van der Waals surface area contributed by atoms with E-state index in [-0.39, 0.29) is 5.92 Å². The highest BCUT2D eigenvalue weighted by Gasteiger charge is 2.14. The van der Waals surface area contributed by atoms with Crippen LogP contribution < -0.4 is 9.47 Å². The van der Waals surface area contributed by atoms with Crippen LogP contribution >= 0.6 is 27.5 Å². The van der Waals surface area contributed by atoms with Crippen molar-refractivity contribution in [3.05, 3.63) is 58.6 Å². The van der Waals surface area contributed by atoms with Crippen LogP contribution in [0.4, 0.5) is 0 Å². The lowest BCUT2D eigenvalue weighted by Gasteiger charge is -2.17. The second kappa shape index (κ2) is 8.30. The van der Waals surface area contributed by atoms with E-state index in [0.717, 1.165) is 22.4 Å². The molecule has 0 saturated carbocycles. The summed E-state index contributed by atoms with van der Waals surface area (Å²) in [6, 6.07) is 15.8. The maximum absolute atomic E-state index is 6.11. The van der Waals surface area contributed by atoms with Crippen LogP contribution in [-0.2, 0) is 0 Å². The van der Waals surface area contributed by atoms with E-state index < -0.39 is 0 Å². The summed E-state index contributed by atoms with van der Waals surface area (Å²) >= 11 is 9.69. The van der Waals surface area contributed by atoms with Gasteiger partial charge in [-0.3, -0.25) is 0 Å². The minimum Gasteiger partial charge on any atom is -0.493 e. The number of alkyl halides is 1. The Kier molecular flexibility index (Phi) is 6.40. The van der Waals surface area contributed by atoms with Gasteiger partial charge in [-0.25, -0.2) is 0 Å². The summed E-state index contributed by atoms with van der Waals surface area (Å²) in [5.74, 6) is 2.34. The van der Waals surface area contributed by atoms with Gasteiger partial charge in [0, 0.05) is 16.3 Å². The van der Waals surface area contributed by atoms with Gasteiger partial charge < -0.3 is 9.47 Å². The van der Waals surface area contributed by atoms with Crippen molar-refractivity contribution in [2.45, 2.75) is 12.3 Å². The minimum atomic E-state index is 0.261. The third-order valence-electron chi connectivity index (χ3n) is 3.32. The van der Waals surface area contributed by atoms with Crippen molar-refractivity contribution < 1.29 is 9.47 Å². The number of rotatable bonds is 7. The van der Waals surface area contributed by atoms with Crippen molar-refractivity contribution in [3.8, 4) is 11.5 Å². The number of methoxy groups -OCH3 is 1. The van der Waals surface area contributed by atoms with Crippen molar-refractivity contribution >= 4 is 27.5 Å². The molecule has 0 aromatic heterocycles. The van der Waals surface area contributed by atoms with Gasteiger partial charge >= 0.3 is 0 Å². The fourth-order valence-electron chi connectivity index (χ4n) is 2.17. The van der Waals surface area contributed by atoms with E-state index in [1.54, 1.807) is 7.11 Å². The second-order valence-corrected chi connectivity index (χ2v) is 5.82. The van der Waals surface area contributed by atoms with E-state index in [2.05, 4.69) is 22.0 Å². The monoisotopic (exact) mass is 368 g/mol. The molecule has 4 heteroatoms. The molecule has 0 spiro atoms. The third-order valence-corrected chi connectivity index (χ3v) is 4.42. The predicted octanol–water partition coefficient (Wildman–Crippen LogP) is 5.25. The Hall–Kier alpha value is -1.19. The van der Waals surface area contributed by atoms with Gasteiger partial charge in [-0.2, -0.15) is 0 Å². The van der Waals surface area contributed by atoms with Gasteiger partial charge in [-0.15, -0.1) is 11.6 Å². The van der Waals surface area contributed by atoms with Gasteiger partial charge in [0.2, 0.25) is 0 Å². The summed E-state index contributed by atoms with van der Waals surface area (Å²) in [7, 11) is 1.64. The van der Waals surface area contributed by atoms with Crippen molar-refractivity contribution in [1.82, 2.24) is 0 Å². The van der Waals surface area contributed by atoms with E-state index in [9.17, 15) is 0 Å². The topological polar surface area (TPSA) is 18.5 Å². The normalized spacial score (nSPS) is 12.0. The summed E-state index contributed by atoms with van der Waals surface area (Å²) < 4.78 is 12.2. The SMILES string of the molecule is COc1ccccc1OCCC(CCl)c1ccccc1Br. The summed E-state index contributed by atoms with van der Waals surface area (Å²) in [6.07, 6.45) is 0.851. The molecular weight excluding hydrogens is 352 g/mol. The average Bonchev–Trinajstić information content (AvgIpc) is 2.53. The predicted molar refractivity (Wildman–Crippen MR) is 90.7 cm³/mol. The van der Waals surface area contributed by atoms with Crippen LogP contribution in [0.5, 0.6) is 11.5 Å². The molecule has 2 rings (SSSR count). The third kappa shape index (κ3) is 4.39. The number of halogens is 2. The molecular formula is C17H18BrClO2. The van der Waals surface area contributed by atoms with Crippen LogP contribution in [-0.4, -0.2) is 19.6 Å².